The minimum Gasteiger partial charge on any atom is -0.490 e. The molecule has 4 nitrogen and oxygen atoms in total. The van der Waals surface area contributed by atoms with Crippen LogP contribution in [0.25, 0.3) is 0 Å². The highest BCUT2D eigenvalue weighted by Gasteiger charge is 2.11. The zero-order chi connectivity index (χ0) is 13.1. The maximum atomic E-state index is 5.66. The Morgan fingerprint density at radius 1 is 1.05 bits per heavy atom. The van der Waals surface area contributed by atoms with E-state index in [0.717, 1.165) is 27.3 Å². The number of nitrogens with zero attached hydrogens (tertiary/aromatic N) is 2. The maximum absolute atomic E-state index is 5.66. The molecule has 0 radical (unpaired) electrons. The molecule has 0 saturated carbocycles. The fraction of sp³-hybridized carbons (Fsp3) is 0.231. The van der Waals surface area contributed by atoms with E-state index in [1.807, 2.05) is 18.2 Å². The molecule has 2 heterocycles. The van der Waals surface area contributed by atoms with E-state index >= 15 is 0 Å². The van der Waals surface area contributed by atoms with Crippen LogP contribution in [0.3, 0.4) is 0 Å². The molecule has 0 bridgehead atoms. The minimum absolute atomic E-state index is 0.690. The van der Waals surface area contributed by atoms with Crippen molar-refractivity contribution in [2.24, 2.45) is 0 Å². The Bertz CT molecular complexity index is 577. The Labute approximate surface area is 123 Å². The SMILES string of the molecule is Brc1cnc(Sc2ccc3c(c2)OCCCO3)nc1. The van der Waals surface area contributed by atoms with Gasteiger partial charge in [0.25, 0.3) is 0 Å². The largest absolute Gasteiger partial charge is 0.490 e. The first-order valence-corrected chi connectivity index (χ1v) is 7.47. The van der Waals surface area contributed by atoms with E-state index in [9.17, 15) is 0 Å². The average Bonchev–Trinajstić information content (AvgIpc) is 2.66. The van der Waals surface area contributed by atoms with Crippen LogP contribution in [0.2, 0.25) is 0 Å². The van der Waals surface area contributed by atoms with Gasteiger partial charge in [0, 0.05) is 23.7 Å². The summed E-state index contributed by atoms with van der Waals surface area (Å²) in [7, 11) is 0. The fourth-order valence-electron chi connectivity index (χ4n) is 1.67. The van der Waals surface area contributed by atoms with Crippen LogP contribution in [-0.4, -0.2) is 23.2 Å². The van der Waals surface area contributed by atoms with Gasteiger partial charge < -0.3 is 9.47 Å². The molecule has 0 unspecified atom stereocenters. The Balaban J connectivity index is 1.81. The van der Waals surface area contributed by atoms with Gasteiger partial charge in [0.05, 0.1) is 17.7 Å². The third-order valence-corrected chi connectivity index (χ3v) is 3.82. The van der Waals surface area contributed by atoms with Crippen molar-refractivity contribution < 1.29 is 9.47 Å². The smallest absolute Gasteiger partial charge is 0.192 e. The lowest BCUT2D eigenvalue weighted by molar-refractivity contribution is 0.297. The third-order valence-electron chi connectivity index (χ3n) is 2.52. The molecule has 1 aliphatic rings. The summed E-state index contributed by atoms with van der Waals surface area (Å²) >= 11 is 4.82. The van der Waals surface area contributed by atoms with Crippen LogP contribution in [0.5, 0.6) is 11.5 Å². The summed E-state index contributed by atoms with van der Waals surface area (Å²) in [5.41, 5.74) is 0. The highest BCUT2D eigenvalue weighted by atomic mass is 79.9. The first-order valence-electron chi connectivity index (χ1n) is 5.86. The number of fused-ring (bicyclic) bond motifs is 1. The number of rotatable bonds is 2. The van der Waals surface area contributed by atoms with Gasteiger partial charge in [-0.3, -0.25) is 0 Å². The van der Waals surface area contributed by atoms with E-state index < -0.39 is 0 Å². The molecule has 0 N–H and O–H groups in total. The van der Waals surface area contributed by atoms with E-state index in [-0.39, 0.29) is 0 Å². The zero-order valence-corrected chi connectivity index (χ0v) is 12.4. The van der Waals surface area contributed by atoms with E-state index in [2.05, 4.69) is 25.9 Å². The van der Waals surface area contributed by atoms with Crippen LogP contribution < -0.4 is 9.47 Å². The van der Waals surface area contributed by atoms with Crippen molar-refractivity contribution in [1.29, 1.82) is 0 Å². The van der Waals surface area contributed by atoms with Gasteiger partial charge in [0.1, 0.15) is 0 Å². The number of ether oxygens (including phenoxy) is 2. The van der Waals surface area contributed by atoms with Gasteiger partial charge in [0.15, 0.2) is 16.7 Å². The van der Waals surface area contributed by atoms with Crippen LogP contribution in [0.1, 0.15) is 6.42 Å². The predicted octanol–water partition coefficient (Wildman–Crippen LogP) is 3.55. The Kier molecular flexibility index (Phi) is 3.89. The molecule has 2 aromatic rings. The Morgan fingerprint density at radius 2 is 1.79 bits per heavy atom. The molecular formula is C13H11BrN2O2S. The highest BCUT2D eigenvalue weighted by molar-refractivity contribution is 9.10. The predicted molar refractivity (Wildman–Crippen MR) is 75.9 cm³/mol. The second-order valence-electron chi connectivity index (χ2n) is 3.94. The lowest BCUT2D eigenvalue weighted by Gasteiger charge is -2.08. The monoisotopic (exact) mass is 338 g/mol. The molecule has 98 valence electrons. The highest BCUT2D eigenvalue weighted by Crippen LogP contribution is 2.35. The summed E-state index contributed by atoms with van der Waals surface area (Å²) in [4.78, 5) is 9.51. The Hall–Kier alpha value is -1.27. The Morgan fingerprint density at radius 3 is 2.58 bits per heavy atom. The van der Waals surface area contributed by atoms with Crippen LogP contribution in [0.4, 0.5) is 0 Å². The first kappa shape index (κ1) is 12.7. The molecule has 0 spiro atoms. The fourth-order valence-corrected chi connectivity index (χ4v) is 2.59. The van der Waals surface area contributed by atoms with Gasteiger partial charge in [-0.05, 0) is 45.9 Å². The van der Waals surface area contributed by atoms with Gasteiger partial charge in [-0.1, -0.05) is 0 Å². The van der Waals surface area contributed by atoms with E-state index in [0.29, 0.717) is 18.4 Å². The van der Waals surface area contributed by atoms with Gasteiger partial charge in [-0.2, -0.15) is 0 Å². The molecule has 1 aliphatic heterocycles. The summed E-state index contributed by atoms with van der Waals surface area (Å²) < 4.78 is 12.1. The second-order valence-corrected chi connectivity index (χ2v) is 5.90. The summed E-state index contributed by atoms with van der Waals surface area (Å²) in [6.45, 7) is 1.39. The van der Waals surface area contributed by atoms with Crippen LogP contribution >= 0.6 is 27.7 Å². The number of halogens is 1. The molecule has 0 saturated heterocycles. The van der Waals surface area contributed by atoms with Gasteiger partial charge >= 0.3 is 0 Å². The third kappa shape index (κ3) is 3.19. The van der Waals surface area contributed by atoms with Gasteiger partial charge in [-0.15, -0.1) is 0 Å². The number of benzene rings is 1. The molecule has 1 aromatic carbocycles. The number of hydrogen-bond acceptors (Lipinski definition) is 5. The summed E-state index contributed by atoms with van der Waals surface area (Å²) in [6, 6.07) is 5.89. The molecular weight excluding hydrogens is 328 g/mol. The molecule has 1 aromatic heterocycles. The van der Waals surface area contributed by atoms with E-state index in [1.165, 1.54) is 11.8 Å². The van der Waals surface area contributed by atoms with Crippen LogP contribution in [-0.2, 0) is 0 Å². The van der Waals surface area contributed by atoms with Gasteiger partial charge in [0.2, 0.25) is 0 Å². The maximum Gasteiger partial charge on any atom is 0.192 e. The summed E-state index contributed by atoms with van der Waals surface area (Å²) in [5.74, 6) is 1.60. The minimum atomic E-state index is 0.690. The molecule has 0 aliphatic carbocycles. The lowest BCUT2D eigenvalue weighted by atomic mass is 10.3. The molecule has 6 heteroatoms. The molecule has 3 rings (SSSR count). The second kappa shape index (κ2) is 5.79. The first-order chi connectivity index (χ1) is 9.31. The molecule has 0 atom stereocenters. The van der Waals surface area contributed by atoms with Crippen molar-refractivity contribution in [3.8, 4) is 11.5 Å². The van der Waals surface area contributed by atoms with Crippen molar-refractivity contribution in [2.45, 2.75) is 16.5 Å². The van der Waals surface area contributed by atoms with Gasteiger partial charge in [-0.25, -0.2) is 9.97 Å². The average molecular weight is 339 g/mol. The van der Waals surface area contributed by atoms with Crippen molar-refractivity contribution in [1.82, 2.24) is 9.97 Å². The van der Waals surface area contributed by atoms with Crippen molar-refractivity contribution in [2.75, 3.05) is 13.2 Å². The number of hydrogen-bond donors (Lipinski definition) is 0. The molecule has 0 amide bonds. The van der Waals surface area contributed by atoms with Crippen molar-refractivity contribution in [3.05, 3.63) is 35.1 Å². The molecule has 19 heavy (non-hydrogen) atoms. The normalized spacial score (nSPS) is 13.9. The van der Waals surface area contributed by atoms with E-state index in [1.54, 1.807) is 12.4 Å². The number of aromatic nitrogens is 2. The molecule has 0 fully saturated rings. The zero-order valence-electron chi connectivity index (χ0n) is 10.0. The summed E-state index contributed by atoms with van der Waals surface area (Å²) in [5, 5.41) is 0.706. The quantitative estimate of drug-likeness (QED) is 0.783. The lowest BCUT2D eigenvalue weighted by Crippen LogP contribution is -1.97. The summed E-state index contributed by atoms with van der Waals surface area (Å²) in [6.07, 6.45) is 4.38. The van der Waals surface area contributed by atoms with Crippen molar-refractivity contribution >= 4 is 27.7 Å². The topological polar surface area (TPSA) is 44.2 Å². The van der Waals surface area contributed by atoms with Crippen LogP contribution in [0.15, 0.2) is 45.1 Å². The van der Waals surface area contributed by atoms with Crippen LogP contribution in [0, 0.1) is 0 Å². The van der Waals surface area contributed by atoms with E-state index in [4.69, 9.17) is 9.47 Å². The van der Waals surface area contributed by atoms with Crippen molar-refractivity contribution in [3.63, 3.8) is 0 Å². The standard InChI is InChI=1S/C13H11BrN2O2S/c14-9-7-15-13(16-8-9)19-10-2-3-11-12(6-10)18-5-1-4-17-11/h2-3,6-8H,1,4-5H2.